The van der Waals surface area contributed by atoms with E-state index in [1.165, 1.54) is 0 Å². The van der Waals surface area contributed by atoms with Gasteiger partial charge in [0, 0.05) is 6.42 Å². The van der Waals surface area contributed by atoms with Gasteiger partial charge < -0.3 is 10.1 Å². The van der Waals surface area contributed by atoms with Gasteiger partial charge in [-0.2, -0.15) is 0 Å². The lowest BCUT2D eigenvalue weighted by molar-refractivity contribution is -0.143. The molecule has 0 fully saturated rings. The van der Waals surface area contributed by atoms with Crippen molar-refractivity contribution in [3.63, 3.8) is 0 Å². The average Bonchev–Trinajstić information content (AvgIpc) is 2.96. The summed E-state index contributed by atoms with van der Waals surface area (Å²) in [5, 5.41) is 2.47. The molecule has 1 heterocycles. The average molecular weight is 380 g/mol. The van der Waals surface area contributed by atoms with Crippen LogP contribution in [0, 0.1) is 0 Å². The van der Waals surface area contributed by atoms with E-state index < -0.39 is 29.7 Å². The Morgan fingerprint density at radius 3 is 2.11 bits per heavy atom. The topological polar surface area (TPSA) is 92.8 Å². The highest BCUT2D eigenvalue weighted by Crippen LogP contribution is 2.26. The number of esters is 1. The van der Waals surface area contributed by atoms with Gasteiger partial charge in [0.2, 0.25) is 5.91 Å². The van der Waals surface area contributed by atoms with Crippen molar-refractivity contribution in [2.75, 3.05) is 13.2 Å². The highest BCUT2D eigenvalue weighted by atomic mass is 16.5. The number of amides is 3. The molecule has 0 saturated heterocycles. The van der Waals surface area contributed by atoms with Crippen LogP contribution in [0.5, 0.6) is 0 Å². The molecule has 7 heteroatoms. The Labute approximate surface area is 162 Å². The molecule has 1 unspecified atom stereocenters. The van der Waals surface area contributed by atoms with Crippen LogP contribution in [-0.2, 0) is 20.7 Å². The summed E-state index contributed by atoms with van der Waals surface area (Å²) in [6, 6.07) is 14.5. The molecule has 0 aromatic heterocycles. The van der Waals surface area contributed by atoms with Crippen molar-refractivity contribution in [3.8, 4) is 0 Å². The number of hydrogen-bond donors (Lipinski definition) is 1. The lowest BCUT2D eigenvalue weighted by Crippen LogP contribution is -2.51. The first kappa shape index (κ1) is 19.3. The molecule has 0 spiro atoms. The third-order valence-electron chi connectivity index (χ3n) is 4.42. The van der Waals surface area contributed by atoms with Gasteiger partial charge in [0.1, 0.15) is 12.6 Å². The van der Waals surface area contributed by atoms with Gasteiger partial charge >= 0.3 is 5.97 Å². The van der Waals surface area contributed by atoms with Gasteiger partial charge in [-0.3, -0.25) is 24.1 Å². The number of imide groups is 1. The molecule has 28 heavy (non-hydrogen) atoms. The number of rotatable bonds is 7. The largest absolute Gasteiger partial charge is 0.465 e. The van der Waals surface area contributed by atoms with Crippen LogP contribution in [0.25, 0.3) is 0 Å². The summed E-state index contributed by atoms with van der Waals surface area (Å²) >= 11 is 0. The first-order chi connectivity index (χ1) is 13.5. The molecule has 1 atom stereocenters. The third kappa shape index (κ3) is 3.93. The zero-order valence-electron chi connectivity index (χ0n) is 15.4. The van der Waals surface area contributed by atoms with Crippen molar-refractivity contribution in [2.24, 2.45) is 0 Å². The molecule has 0 bridgehead atoms. The van der Waals surface area contributed by atoms with Crippen LogP contribution in [0.15, 0.2) is 54.6 Å². The fourth-order valence-corrected chi connectivity index (χ4v) is 3.12. The van der Waals surface area contributed by atoms with Crippen LogP contribution < -0.4 is 5.32 Å². The SMILES string of the molecule is CCOC(=O)CNC(=O)C(Cc1ccccc1)N1C(=O)c2ccccc2C1=O. The van der Waals surface area contributed by atoms with Crippen LogP contribution >= 0.6 is 0 Å². The summed E-state index contributed by atoms with van der Waals surface area (Å²) < 4.78 is 4.81. The maximum Gasteiger partial charge on any atom is 0.325 e. The molecular weight excluding hydrogens is 360 g/mol. The minimum Gasteiger partial charge on any atom is -0.465 e. The Hall–Kier alpha value is -3.48. The second kappa shape index (κ2) is 8.47. The minimum atomic E-state index is -1.08. The standard InChI is InChI=1S/C21H20N2O5/c1-2-28-18(24)13-22-19(25)17(12-14-8-4-3-5-9-14)23-20(26)15-10-6-7-11-16(15)21(23)27/h3-11,17H,2,12-13H2,1H3,(H,22,25). The molecule has 144 valence electrons. The summed E-state index contributed by atoms with van der Waals surface area (Å²) in [5.41, 5.74) is 1.32. The molecule has 2 aromatic rings. The molecule has 0 aliphatic carbocycles. The van der Waals surface area contributed by atoms with Gasteiger partial charge in [-0.05, 0) is 24.6 Å². The lowest BCUT2D eigenvalue weighted by Gasteiger charge is -2.25. The smallest absolute Gasteiger partial charge is 0.325 e. The van der Waals surface area contributed by atoms with Crippen molar-refractivity contribution in [3.05, 3.63) is 71.3 Å². The van der Waals surface area contributed by atoms with Gasteiger partial charge in [-0.25, -0.2) is 0 Å². The maximum atomic E-state index is 12.8. The van der Waals surface area contributed by atoms with E-state index in [-0.39, 0.29) is 30.7 Å². The van der Waals surface area contributed by atoms with Crippen molar-refractivity contribution in [2.45, 2.75) is 19.4 Å². The Morgan fingerprint density at radius 1 is 0.964 bits per heavy atom. The molecule has 1 aliphatic heterocycles. The highest BCUT2D eigenvalue weighted by Gasteiger charge is 2.42. The number of nitrogens with one attached hydrogen (secondary N) is 1. The van der Waals surface area contributed by atoms with Gasteiger partial charge in [0.15, 0.2) is 0 Å². The highest BCUT2D eigenvalue weighted by molar-refractivity contribution is 6.22. The molecule has 3 rings (SSSR count). The summed E-state index contributed by atoms with van der Waals surface area (Å²) in [7, 11) is 0. The monoisotopic (exact) mass is 380 g/mol. The number of carbonyl (C=O) groups is 4. The summed E-state index contributed by atoms with van der Waals surface area (Å²) in [5.74, 6) is -2.22. The number of hydrogen-bond acceptors (Lipinski definition) is 5. The van der Waals surface area contributed by atoms with E-state index in [1.54, 1.807) is 31.2 Å². The van der Waals surface area contributed by atoms with E-state index in [1.807, 2.05) is 30.3 Å². The predicted octanol–water partition coefficient (Wildman–Crippen LogP) is 1.57. The molecule has 7 nitrogen and oxygen atoms in total. The van der Waals surface area contributed by atoms with E-state index in [0.717, 1.165) is 10.5 Å². The van der Waals surface area contributed by atoms with Crippen molar-refractivity contribution >= 4 is 23.7 Å². The Balaban J connectivity index is 1.86. The number of ether oxygens (including phenoxy) is 1. The molecular formula is C21H20N2O5. The van der Waals surface area contributed by atoms with Crippen LogP contribution in [0.3, 0.4) is 0 Å². The summed E-state index contributed by atoms with van der Waals surface area (Å²) in [6.45, 7) is 1.53. The quantitative estimate of drug-likeness (QED) is 0.581. The van der Waals surface area contributed by atoms with Crippen LogP contribution in [0.1, 0.15) is 33.2 Å². The normalized spacial score (nSPS) is 13.8. The third-order valence-corrected chi connectivity index (χ3v) is 4.42. The fourth-order valence-electron chi connectivity index (χ4n) is 3.12. The van der Waals surface area contributed by atoms with Crippen LogP contribution in [0.4, 0.5) is 0 Å². The van der Waals surface area contributed by atoms with Crippen LogP contribution in [0.2, 0.25) is 0 Å². The molecule has 0 saturated carbocycles. The molecule has 1 aliphatic rings. The minimum absolute atomic E-state index is 0.140. The predicted molar refractivity (Wildman–Crippen MR) is 101 cm³/mol. The first-order valence-corrected chi connectivity index (χ1v) is 8.97. The zero-order chi connectivity index (χ0) is 20.1. The summed E-state index contributed by atoms with van der Waals surface area (Å²) in [6.07, 6.45) is 0.140. The Morgan fingerprint density at radius 2 is 1.54 bits per heavy atom. The van der Waals surface area contributed by atoms with E-state index in [0.29, 0.717) is 0 Å². The first-order valence-electron chi connectivity index (χ1n) is 8.97. The van der Waals surface area contributed by atoms with Gasteiger partial charge in [0.05, 0.1) is 17.7 Å². The molecule has 2 aromatic carbocycles. The van der Waals surface area contributed by atoms with E-state index in [4.69, 9.17) is 4.74 Å². The number of fused-ring (bicyclic) bond motifs is 1. The second-order valence-corrected chi connectivity index (χ2v) is 6.25. The molecule has 0 radical (unpaired) electrons. The van der Waals surface area contributed by atoms with E-state index in [2.05, 4.69) is 5.32 Å². The van der Waals surface area contributed by atoms with Gasteiger partial charge in [-0.1, -0.05) is 42.5 Å². The molecule has 3 amide bonds. The van der Waals surface area contributed by atoms with Crippen molar-refractivity contribution in [1.82, 2.24) is 10.2 Å². The number of carbonyl (C=O) groups excluding carboxylic acids is 4. The molecule has 1 N–H and O–H groups in total. The Bertz CT molecular complexity index is 875. The number of nitrogens with zero attached hydrogens (tertiary/aromatic N) is 1. The van der Waals surface area contributed by atoms with E-state index >= 15 is 0 Å². The zero-order valence-corrected chi connectivity index (χ0v) is 15.4. The Kier molecular flexibility index (Phi) is 5.84. The van der Waals surface area contributed by atoms with Crippen molar-refractivity contribution in [1.29, 1.82) is 0 Å². The van der Waals surface area contributed by atoms with Crippen molar-refractivity contribution < 1.29 is 23.9 Å². The fraction of sp³-hybridized carbons (Fsp3) is 0.238. The van der Waals surface area contributed by atoms with Gasteiger partial charge in [-0.15, -0.1) is 0 Å². The van der Waals surface area contributed by atoms with Gasteiger partial charge in [0.25, 0.3) is 11.8 Å². The van der Waals surface area contributed by atoms with E-state index in [9.17, 15) is 19.2 Å². The summed E-state index contributed by atoms with van der Waals surface area (Å²) in [4.78, 5) is 51.0. The second-order valence-electron chi connectivity index (χ2n) is 6.25. The maximum absolute atomic E-state index is 12.8. The van der Waals surface area contributed by atoms with Crippen LogP contribution in [-0.4, -0.2) is 47.8 Å². The lowest BCUT2D eigenvalue weighted by atomic mass is 10.0. The number of benzene rings is 2.